The van der Waals surface area contributed by atoms with Crippen molar-refractivity contribution in [2.45, 2.75) is 20.0 Å². The Kier molecular flexibility index (Phi) is 5.88. The molecule has 0 saturated carbocycles. The SMILES string of the molecule is CC(C)Oc1ccc(NC(=O)c2ccnc(Nc3cccc(Cl)c3)n2)cc1. The van der Waals surface area contributed by atoms with Crippen molar-refractivity contribution in [3.8, 4) is 5.75 Å². The van der Waals surface area contributed by atoms with Gasteiger partial charge in [-0.25, -0.2) is 9.97 Å². The topological polar surface area (TPSA) is 76.1 Å². The van der Waals surface area contributed by atoms with Crippen molar-refractivity contribution in [3.05, 3.63) is 71.5 Å². The number of ether oxygens (including phenoxy) is 1. The van der Waals surface area contributed by atoms with Gasteiger partial charge in [-0.05, 0) is 62.4 Å². The van der Waals surface area contributed by atoms with Crippen LogP contribution in [0.5, 0.6) is 5.75 Å². The lowest BCUT2D eigenvalue weighted by atomic mass is 10.3. The molecule has 0 bridgehead atoms. The zero-order valence-electron chi connectivity index (χ0n) is 14.9. The van der Waals surface area contributed by atoms with Crippen LogP contribution in [0.1, 0.15) is 24.3 Å². The predicted octanol–water partition coefficient (Wildman–Crippen LogP) is 4.91. The van der Waals surface area contributed by atoms with Crippen LogP contribution in [-0.2, 0) is 0 Å². The van der Waals surface area contributed by atoms with E-state index in [-0.39, 0.29) is 17.7 Å². The molecule has 0 radical (unpaired) electrons. The van der Waals surface area contributed by atoms with Gasteiger partial charge >= 0.3 is 0 Å². The summed E-state index contributed by atoms with van der Waals surface area (Å²) in [5.74, 6) is 0.729. The molecule has 2 N–H and O–H groups in total. The maximum Gasteiger partial charge on any atom is 0.274 e. The first-order chi connectivity index (χ1) is 13.0. The number of benzene rings is 2. The average molecular weight is 383 g/mol. The van der Waals surface area contributed by atoms with E-state index in [1.807, 2.05) is 38.1 Å². The summed E-state index contributed by atoms with van der Waals surface area (Å²) < 4.78 is 5.59. The number of amides is 1. The van der Waals surface area contributed by atoms with Crippen LogP contribution < -0.4 is 15.4 Å². The predicted molar refractivity (Wildman–Crippen MR) is 107 cm³/mol. The summed E-state index contributed by atoms with van der Waals surface area (Å²) in [7, 11) is 0. The minimum Gasteiger partial charge on any atom is -0.491 e. The summed E-state index contributed by atoms with van der Waals surface area (Å²) in [4.78, 5) is 20.8. The van der Waals surface area contributed by atoms with Crippen LogP contribution in [0.3, 0.4) is 0 Å². The maximum absolute atomic E-state index is 12.5. The molecule has 1 heterocycles. The lowest BCUT2D eigenvalue weighted by Gasteiger charge is -2.11. The summed E-state index contributed by atoms with van der Waals surface area (Å²) in [5, 5.41) is 6.43. The molecule has 1 aromatic heterocycles. The smallest absolute Gasteiger partial charge is 0.274 e. The lowest BCUT2D eigenvalue weighted by Crippen LogP contribution is -2.14. The quantitative estimate of drug-likeness (QED) is 0.633. The van der Waals surface area contributed by atoms with E-state index < -0.39 is 0 Å². The number of anilines is 3. The molecule has 138 valence electrons. The Balaban J connectivity index is 1.68. The van der Waals surface area contributed by atoms with Gasteiger partial charge in [-0.2, -0.15) is 0 Å². The monoisotopic (exact) mass is 382 g/mol. The van der Waals surface area contributed by atoms with Gasteiger partial charge in [0.2, 0.25) is 5.95 Å². The Morgan fingerprint density at radius 2 is 1.85 bits per heavy atom. The number of hydrogen-bond acceptors (Lipinski definition) is 5. The zero-order valence-corrected chi connectivity index (χ0v) is 15.7. The third kappa shape index (κ3) is 5.43. The van der Waals surface area contributed by atoms with Crippen molar-refractivity contribution in [3.63, 3.8) is 0 Å². The highest BCUT2D eigenvalue weighted by Gasteiger charge is 2.10. The van der Waals surface area contributed by atoms with E-state index in [9.17, 15) is 4.79 Å². The zero-order chi connectivity index (χ0) is 19.2. The van der Waals surface area contributed by atoms with Gasteiger partial charge in [0.05, 0.1) is 6.10 Å². The Morgan fingerprint density at radius 3 is 2.56 bits per heavy atom. The molecule has 1 amide bonds. The van der Waals surface area contributed by atoms with Crippen molar-refractivity contribution < 1.29 is 9.53 Å². The van der Waals surface area contributed by atoms with E-state index in [4.69, 9.17) is 16.3 Å². The number of nitrogens with one attached hydrogen (secondary N) is 2. The molecule has 0 atom stereocenters. The summed E-state index contributed by atoms with van der Waals surface area (Å²) in [6, 6.07) is 15.9. The highest BCUT2D eigenvalue weighted by molar-refractivity contribution is 6.30. The number of aromatic nitrogens is 2. The van der Waals surface area contributed by atoms with Gasteiger partial charge in [-0.1, -0.05) is 17.7 Å². The van der Waals surface area contributed by atoms with Crippen LogP contribution in [0.15, 0.2) is 60.8 Å². The van der Waals surface area contributed by atoms with Crippen molar-refractivity contribution in [1.29, 1.82) is 0 Å². The van der Waals surface area contributed by atoms with E-state index >= 15 is 0 Å². The number of rotatable bonds is 6. The summed E-state index contributed by atoms with van der Waals surface area (Å²) in [5.41, 5.74) is 1.64. The number of hydrogen-bond donors (Lipinski definition) is 2. The highest BCUT2D eigenvalue weighted by atomic mass is 35.5. The first-order valence-electron chi connectivity index (χ1n) is 8.43. The van der Waals surface area contributed by atoms with E-state index in [0.29, 0.717) is 16.7 Å². The van der Waals surface area contributed by atoms with Gasteiger partial charge in [0.15, 0.2) is 0 Å². The molecule has 0 spiro atoms. The van der Waals surface area contributed by atoms with Crippen LogP contribution in [0.25, 0.3) is 0 Å². The number of carbonyl (C=O) groups excluding carboxylic acids is 1. The standard InChI is InChI=1S/C20H19ClN4O2/c1-13(2)27-17-8-6-15(7-9-17)23-19(26)18-10-11-22-20(25-18)24-16-5-3-4-14(21)12-16/h3-13H,1-2H3,(H,23,26)(H,22,24,25). The molecule has 7 heteroatoms. The number of nitrogens with zero attached hydrogens (tertiary/aromatic N) is 2. The van der Waals surface area contributed by atoms with Gasteiger partial charge in [0.25, 0.3) is 5.91 Å². The van der Waals surface area contributed by atoms with Crippen LogP contribution in [0.2, 0.25) is 5.02 Å². The van der Waals surface area contributed by atoms with E-state index in [2.05, 4.69) is 20.6 Å². The molecule has 0 aliphatic rings. The maximum atomic E-state index is 12.5. The Hall–Kier alpha value is -3.12. The van der Waals surface area contributed by atoms with E-state index in [1.165, 1.54) is 6.20 Å². The molecule has 2 aromatic carbocycles. The molecule has 0 aliphatic carbocycles. The Morgan fingerprint density at radius 1 is 1.07 bits per heavy atom. The van der Waals surface area contributed by atoms with Crippen LogP contribution in [0, 0.1) is 0 Å². The second kappa shape index (κ2) is 8.51. The van der Waals surface area contributed by atoms with Gasteiger partial charge in [-0.15, -0.1) is 0 Å². The van der Waals surface area contributed by atoms with Gasteiger partial charge in [0, 0.05) is 22.6 Å². The van der Waals surface area contributed by atoms with Crippen molar-refractivity contribution in [2.24, 2.45) is 0 Å². The summed E-state index contributed by atoms with van der Waals surface area (Å²) >= 11 is 5.97. The third-order valence-electron chi connectivity index (χ3n) is 3.45. The largest absolute Gasteiger partial charge is 0.491 e. The first kappa shape index (κ1) is 18.7. The summed E-state index contributed by atoms with van der Waals surface area (Å²) in [6.07, 6.45) is 1.62. The molecule has 6 nitrogen and oxygen atoms in total. The molecule has 0 aliphatic heterocycles. The fraction of sp³-hybridized carbons (Fsp3) is 0.150. The van der Waals surface area contributed by atoms with Crippen molar-refractivity contribution in [1.82, 2.24) is 9.97 Å². The van der Waals surface area contributed by atoms with E-state index in [0.717, 1.165) is 11.4 Å². The first-order valence-corrected chi connectivity index (χ1v) is 8.81. The number of carbonyl (C=O) groups is 1. The fourth-order valence-electron chi connectivity index (χ4n) is 2.32. The second-order valence-electron chi connectivity index (χ2n) is 6.05. The Labute approximate surface area is 162 Å². The summed E-state index contributed by atoms with van der Waals surface area (Å²) in [6.45, 7) is 3.92. The lowest BCUT2D eigenvalue weighted by molar-refractivity contribution is 0.102. The molecule has 0 unspecified atom stereocenters. The van der Waals surface area contributed by atoms with Gasteiger partial charge < -0.3 is 15.4 Å². The third-order valence-corrected chi connectivity index (χ3v) is 3.69. The normalized spacial score (nSPS) is 10.5. The van der Waals surface area contributed by atoms with Crippen LogP contribution in [0.4, 0.5) is 17.3 Å². The highest BCUT2D eigenvalue weighted by Crippen LogP contribution is 2.19. The van der Waals surface area contributed by atoms with Crippen molar-refractivity contribution >= 4 is 34.8 Å². The number of halogens is 1. The Bertz CT molecular complexity index is 929. The molecular formula is C20H19ClN4O2. The molecule has 0 saturated heterocycles. The minimum atomic E-state index is -0.330. The average Bonchev–Trinajstić information content (AvgIpc) is 2.63. The molecule has 3 rings (SSSR count). The second-order valence-corrected chi connectivity index (χ2v) is 6.48. The molecule has 0 fully saturated rings. The van der Waals surface area contributed by atoms with Crippen LogP contribution in [-0.4, -0.2) is 22.0 Å². The van der Waals surface area contributed by atoms with Gasteiger partial charge in [-0.3, -0.25) is 4.79 Å². The van der Waals surface area contributed by atoms with E-state index in [1.54, 1.807) is 30.3 Å². The molecule has 3 aromatic rings. The molecule has 27 heavy (non-hydrogen) atoms. The van der Waals surface area contributed by atoms with Crippen molar-refractivity contribution in [2.75, 3.05) is 10.6 Å². The fourth-order valence-corrected chi connectivity index (χ4v) is 2.52. The minimum absolute atomic E-state index is 0.0943. The molecular weight excluding hydrogens is 364 g/mol. The van der Waals surface area contributed by atoms with Gasteiger partial charge in [0.1, 0.15) is 11.4 Å². The van der Waals surface area contributed by atoms with Crippen LogP contribution >= 0.6 is 11.6 Å².